The first-order valence-corrected chi connectivity index (χ1v) is 4.56. The quantitative estimate of drug-likeness (QED) is 0.571. The molecular formula is C9H22N2O. The fourth-order valence-electron chi connectivity index (χ4n) is 1.13. The molecule has 0 aliphatic heterocycles. The van der Waals surface area contributed by atoms with Crippen molar-refractivity contribution in [3.05, 3.63) is 0 Å². The molecule has 3 heteroatoms. The van der Waals surface area contributed by atoms with Gasteiger partial charge in [-0.1, -0.05) is 0 Å². The molecule has 0 radical (unpaired) electrons. The Bertz CT molecular complexity index is 98.5. The van der Waals surface area contributed by atoms with Gasteiger partial charge >= 0.3 is 0 Å². The molecule has 0 bridgehead atoms. The van der Waals surface area contributed by atoms with Gasteiger partial charge in [0.25, 0.3) is 0 Å². The van der Waals surface area contributed by atoms with Gasteiger partial charge in [0, 0.05) is 13.7 Å². The van der Waals surface area contributed by atoms with Crippen LogP contribution in [-0.4, -0.2) is 51.8 Å². The van der Waals surface area contributed by atoms with Crippen molar-refractivity contribution in [1.29, 1.82) is 0 Å². The van der Waals surface area contributed by atoms with E-state index in [2.05, 4.69) is 24.2 Å². The van der Waals surface area contributed by atoms with E-state index in [-0.39, 0.29) is 0 Å². The molecule has 0 fully saturated rings. The van der Waals surface area contributed by atoms with Gasteiger partial charge in [-0.15, -0.1) is 0 Å². The molecule has 0 rings (SSSR count). The molecule has 3 nitrogen and oxygen atoms in total. The molecule has 1 unspecified atom stereocenters. The number of hydrogen-bond donors (Lipinski definition) is 1. The third-order valence-corrected chi connectivity index (χ3v) is 1.94. The first-order valence-electron chi connectivity index (χ1n) is 4.56. The number of nitrogens with one attached hydrogen (secondary N) is 1. The van der Waals surface area contributed by atoms with Gasteiger partial charge in [-0.2, -0.15) is 0 Å². The fourth-order valence-corrected chi connectivity index (χ4v) is 1.13. The number of rotatable bonds is 7. The van der Waals surface area contributed by atoms with E-state index in [1.54, 1.807) is 7.11 Å². The average molecular weight is 174 g/mol. The van der Waals surface area contributed by atoms with Crippen LogP contribution in [0.15, 0.2) is 0 Å². The summed E-state index contributed by atoms with van der Waals surface area (Å²) in [4.78, 5) is 2.30. The van der Waals surface area contributed by atoms with E-state index in [1.807, 2.05) is 7.05 Å². The summed E-state index contributed by atoms with van der Waals surface area (Å²) in [5, 5.41) is 3.13. The minimum atomic E-state index is 0.338. The van der Waals surface area contributed by atoms with Crippen LogP contribution >= 0.6 is 0 Å². The van der Waals surface area contributed by atoms with Gasteiger partial charge in [0.2, 0.25) is 0 Å². The number of hydrogen-bond acceptors (Lipinski definition) is 3. The van der Waals surface area contributed by atoms with Crippen molar-refractivity contribution < 1.29 is 4.74 Å². The Hall–Kier alpha value is -0.120. The minimum absolute atomic E-state index is 0.338. The first kappa shape index (κ1) is 11.9. The lowest BCUT2D eigenvalue weighted by molar-refractivity contribution is 0.0855. The SMILES string of the molecule is CNCCCN(C)CC(C)OC. The summed E-state index contributed by atoms with van der Waals surface area (Å²) in [7, 11) is 5.87. The molecule has 0 aliphatic rings. The number of ether oxygens (including phenoxy) is 1. The Morgan fingerprint density at radius 2 is 2.17 bits per heavy atom. The Labute approximate surface area is 76.1 Å². The van der Waals surface area contributed by atoms with E-state index >= 15 is 0 Å². The average Bonchev–Trinajstić information content (AvgIpc) is 2.05. The summed E-state index contributed by atoms with van der Waals surface area (Å²) in [6.07, 6.45) is 1.54. The predicted octanol–water partition coefficient (Wildman–Crippen LogP) is 0.563. The molecule has 12 heavy (non-hydrogen) atoms. The van der Waals surface area contributed by atoms with Crippen LogP contribution < -0.4 is 5.32 Å². The second-order valence-electron chi connectivity index (χ2n) is 3.27. The lowest BCUT2D eigenvalue weighted by atomic mass is 10.3. The standard InChI is InChI=1S/C9H22N2O/c1-9(12-4)8-11(3)7-5-6-10-2/h9-10H,5-8H2,1-4H3. The Morgan fingerprint density at radius 1 is 1.50 bits per heavy atom. The third kappa shape index (κ3) is 6.58. The Kier molecular flexibility index (Phi) is 7.45. The van der Waals surface area contributed by atoms with Crippen molar-refractivity contribution in [2.75, 3.05) is 40.8 Å². The zero-order valence-corrected chi connectivity index (χ0v) is 8.76. The van der Waals surface area contributed by atoms with Crippen molar-refractivity contribution in [3.8, 4) is 0 Å². The molecule has 0 spiro atoms. The van der Waals surface area contributed by atoms with Crippen molar-refractivity contribution in [2.45, 2.75) is 19.4 Å². The second kappa shape index (κ2) is 7.53. The van der Waals surface area contributed by atoms with Crippen LogP contribution in [0.3, 0.4) is 0 Å². The molecule has 0 saturated carbocycles. The van der Waals surface area contributed by atoms with Crippen LogP contribution in [0.2, 0.25) is 0 Å². The minimum Gasteiger partial charge on any atom is -0.380 e. The lowest BCUT2D eigenvalue weighted by Gasteiger charge is -2.19. The molecule has 0 saturated heterocycles. The van der Waals surface area contributed by atoms with Gasteiger partial charge in [-0.05, 0) is 40.5 Å². The molecule has 1 atom stereocenters. The molecule has 0 amide bonds. The largest absolute Gasteiger partial charge is 0.380 e. The Morgan fingerprint density at radius 3 is 2.67 bits per heavy atom. The second-order valence-corrected chi connectivity index (χ2v) is 3.27. The summed E-state index contributed by atoms with van der Waals surface area (Å²) in [5.41, 5.74) is 0. The predicted molar refractivity (Wildman–Crippen MR) is 52.5 cm³/mol. The van der Waals surface area contributed by atoms with Gasteiger partial charge in [0.05, 0.1) is 6.10 Å². The molecule has 0 aliphatic carbocycles. The maximum atomic E-state index is 5.17. The van der Waals surface area contributed by atoms with Crippen molar-refractivity contribution >= 4 is 0 Å². The van der Waals surface area contributed by atoms with E-state index in [0.717, 1.165) is 19.6 Å². The van der Waals surface area contributed by atoms with E-state index in [1.165, 1.54) is 6.42 Å². The van der Waals surface area contributed by atoms with Gasteiger partial charge < -0.3 is 15.0 Å². The lowest BCUT2D eigenvalue weighted by Crippen LogP contribution is -2.30. The zero-order valence-electron chi connectivity index (χ0n) is 8.76. The Balaban J connectivity index is 3.26. The number of methoxy groups -OCH3 is 1. The summed E-state index contributed by atoms with van der Waals surface area (Å²) in [5.74, 6) is 0. The van der Waals surface area contributed by atoms with Gasteiger partial charge in [0.1, 0.15) is 0 Å². The van der Waals surface area contributed by atoms with Crippen LogP contribution in [0, 0.1) is 0 Å². The highest BCUT2D eigenvalue weighted by Gasteiger charge is 2.03. The molecule has 0 aromatic rings. The van der Waals surface area contributed by atoms with Crippen molar-refractivity contribution in [3.63, 3.8) is 0 Å². The summed E-state index contributed by atoms with van der Waals surface area (Å²) in [6.45, 7) is 5.33. The molecule has 74 valence electrons. The summed E-state index contributed by atoms with van der Waals surface area (Å²) < 4.78 is 5.17. The maximum absolute atomic E-state index is 5.17. The van der Waals surface area contributed by atoms with Crippen molar-refractivity contribution in [2.24, 2.45) is 0 Å². The molecule has 0 aromatic carbocycles. The van der Waals surface area contributed by atoms with Crippen LogP contribution in [0.5, 0.6) is 0 Å². The first-order chi connectivity index (χ1) is 5.70. The van der Waals surface area contributed by atoms with Gasteiger partial charge in [-0.3, -0.25) is 0 Å². The molecular weight excluding hydrogens is 152 g/mol. The summed E-state index contributed by atoms with van der Waals surface area (Å²) >= 11 is 0. The number of likely N-dealkylation sites (N-methyl/N-ethyl adjacent to an activating group) is 1. The van der Waals surface area contributed by atoms with Crippen LogP contribution in [0.4, 0.5) is 0 Å². The van der Waals surface area contributed by atoms with E-state index < -0.39 is 0 Å². The normalized spacial score (nSPS) is 13.8. The van der Waals surface area contributed by atoms with Crippen LogP contribution in [0.25, 0.3) is 0 Å². The zero-order chi connectivity index (χ0) is 9.40. The fraction of sp³-hybridized carbons (Fsp3) is 1.00. The van der Waals surface area contributed by atoms with Crippen LogP contribution in [0.1, 0.15) is 13.3 Å². The van der Waals surface area contributed by atoms with E-state index in [9.17, 15) is 0 Å². The molecule has 0 aromatic heterocycles. The summed E-state index contributed by atoms with van der Waals surface area (Å²) in [6, 6.07) is 0. The topological polar surface area (TPSA) is 24.5 Å². The molecule has 0 heterocycles. The highest BCUT2D eigenvalue weighted by molar-refractivity contribution is 4.57. The van der Waals surface area contributed by atoms with E-state index in [0.29, 0.717) is 6.10 Å². The number of nitrogens with zero attached hydrogens (tertiary/aromatic N) is 1. The maximum Gasteiger partial charge on any atom is 0.0669 e. The van der Waals surface area contributed by atoms with Crippen LogP contribution in [-0.2, 0) is 4.74 Å². The molecule has 1 N–H and O–H groups in total. The monoisotopic (exact) mass is 174 g/mol. The van der Waals surface area contributed by atoms with Gasteiger partial charge in [0.15, 0.2) is 0 Å². The smallest absolute Gasteiger partial charge is 0.0669 e. The highest BCUT2D eigenvalue weighted by Crippen LogP contribution is 1.93. The van der Waals surface area contributed by atoms with Gasteiger partial charge in [-0.25, -0.2) is 0 Å². The third-order valence-electron chi connectivity index (χ3n) is 1.94. The van der Waals surface area contributed by atoms with Crippen molar-refractivity contribution in [1.82, 2.24) is 10.2 Å². The highest BCUT2D eigenvalue weighted by atomic mass is 16.5. The van der Waals surface area contributed by atoms with E-state index in [4.69, 9.17) is 4.74 Å².